The van der Waals surface area contributed by atoms with Crippen molar-refractivity contribution in [3.05, 3.63) is 0 Å². The molecule has 0 amide bonds. The summed E-state index contributed by atoms with van der Waals surface area (Å²) in [5, 5.41) is 0. The predicted molar refractivity (Wildman–Crippen MR) is 53.2 cm³/mol. The molecule has 7 atom stereocenters. The second-order valence-electron chi connectivity index (χ2n) is 6.43. The molecule has 4 fully saturated rings. The van der Waals surface area contributed by atoms with Crippen molar-refractivity contribution in [3.63, 3.8) is 0 Å². The molecular formula is C13H20. The fraction of sp³-hybridized carbons (Fsp3) is 1.00. The molecule has 7 unspecified atom stereocenters. The molecule has 0 aliphatic heterocycles. The first-order chi connectivity index (χ1) is 6.18. The third kappa shape index (κ3) is 0.480. The molecule has 0 nitrogen and oxygen atoms in total. The molecule has 72 valence electrons. The first-order valence-electron chi connectivity index (χ1n) is 6.18. The van der Waals surface area contributed by atoms with Crippen LogP contribution in [0.1, 0.15) is 40.0 Å². The normalized spacial score (nSPS) is 76.4. The SMILES string of the molecule is CCC1C2CC2C2CC23C(C)C13C. The Morgan fingerprint density at radius 1 is 1.31 bits per heavy atom. The monoisotopic (exact) mass is 176 g/mol. The van der Waals surface area contributed by atoms with Crippen molar-refractivity contribution in [2.24, 2.45) is 40.4 Å². The van der Waals surface area contributed by atoms with Crippen molar-refractivity contribution in [2.45, 2.75) is 40.0 Å². The van der Waals surface area contributed by atoms with Crippen molar-refractivity contribution in [1.82, 2.24) is 0 Å². The number of rotatable bonds is 1. The minimum absolute atomic E-state index is 0.796. The summed E-state index contributed by atoms with van der Waals surface area (Å²) in [7, 11) is 0. The number of fused-ring (bicyclic) bond motifs is 2. The molecular weight excluding hydrogens is 156 g/mol. The third-order valence-electron chi connectivity index (χ3n) is 6.79. The molecule has 0 aromatic carbocycles. The van der Waals surface area contributed by atoms with Crippen LogP contribution in [0.3, 0.4) is 0 Å². The van der Waals surface area contributed by atoms with E-state index in [2.05, 4.69) is 20.8 Å². The van der Waals surface area contributed by atoms with E-state index < -0.39 is 0 Å². The lowest BCUT2D eigenvalue weighted by molar-refractivity contribution is 0.200. The van der Waals surface area contributed by atoms with Gasteiger partial charge in [0.2, 0.25) is 0 Å². The minimum atomic E-state index is 0.796. The highest BCUT2D eigenvalue weighted by Crippen LogP contribution is 2.95. The van der Waals surface area contributed by atoms with E-state index in [1.807, 2.05) is 0 Å². The van der Waals surface area contributed by atoms with E-state index in [-0.39, 0.29) is 0 Å². The Bertz CT molecular complexity index is 294. The van der Waals surface area contributed by atoms with Gasteiger partial charge in [-0.15, -0.1) is 0 Å². The Hall–Kier alpha value is 0. The average molecular weight is 176 g/mol. The van der Waals surface area contributed by atoms with E-state index in [9.17, 15) is 0 Å². The van der Waals surface area contributed by atoms with E-state index in [0.717, 1.165) is 22.7 Å². The molecule has 4 saturated carbocycles. The average Bonchev–Trinajstić information content (AvgIpc) is 2.95. The molecule has 0 aromatic heterocycles. The van der Waals surface area contributed by atoms with Crippen molar-refractivity contribution < 1.29 is 0 Å². The molecule has 4 rings (SSSR count). The van der Waals surface area contributed by atoms with Gasteiger partial charge in [0, 0.05) is 0 Å². The van der Waals surface area contributed by atoms with Gasteiger partial charge in [0.1, 0.15) is 0 Å². The zero-order valence-corrected chi connectivity index (χ0v) is 9.01. The molecule has 0 radical (unpaired) electrons. The second-order valence-corrected chi connectivity index (χ2v) is 6.43. The van der Waals surface area contributed by atoms with Crippen LogP contribution in [0.15, 0.2) is 0 Å². The molecule has 0 N–H and O–H groups in total. The highest BCUT2D eigenvalue weighted by molar-refractivity contribution is 5.37. The molecule has 1 spiro atoms. The largest absolute Gasteiger partial charge is 0.0651 e. The fourth-order valence-corrected chi connectivity index (χ4v) is 5.95. The molecule has 0 aromatic rings. The molecule has 4 aliphatic carbocycles. The Balaban J connectivity index is 1.81. The molecule has 0 bridgehead atoms. The van der Waals surface area contributed by atoms with Gasteiger partial charge in [-0.3, -0.25) is 0 Å². The quantitative estimate of drug-likeness (QED) is 0.575. The van der Waals surface area contributed by atoms with Gasteiger partial charge >= 0.3 is 0 Å². The van der Waals surface area contributed by atoms with E-state index in [4.69, 9.17) is 0 Å². The van der Waals surface area contributed by atoms with Crippen LogP contribution < -0.4 is 0 Å². The van der Waals surface area contributed by atoms with Crippen LogP contribution in [0.5, 0.6) is 0 Å². The van der Waals surface area contributed by atoms with Gasteiger partial charge in [0.05, 0.1) is 0 Å². The van der Waals surface area contributed by atoms with E-state index >= 15 is 0 Å². The summed E-state index contributed by atoms with van der Waals surface area (Å²) < 4.78 is 0. The van der Waals surface area contributed by atoms with Crippen molar-refractivity contribution in [1.29, 1.82) is 0 Å². The fourth-order valence-electron chi connectivity index (χ4n) is 5.95. The number of hydrogen-bond acceptors (Lipinski definition) is 0. The van der Waals surface area contributed by atoms with Crippen molar-refractivity contribution >= 4 is 0 Å². The Morgan fingerprint density at radius 3 is 2.77 bits per heavy atom. The topological polar surface area (TPSA) is 0 Å². The molecule has 0 saturated heterocycles. The Kier molecular flexibility index (Phi) is 0.907. The van der Waals surface area contributed by atoms with Crippen molar-refractivity contribution in [2.75, 3.05) is 0 Å². The van der Waals surface area contributed by atoms with Gasteiger partial charge in [-0.05, 0) is 53.3 Å². The summed E-state index contributed by atoms with van der Waals surface area (Å²) in [6.45, 7) is 7.57. The van der Waals surface area contributed by atoms with Gasteiger partial charge in [-0.25, -0.2) is 0 Å². The summed E-state index contributed by atoms with van der Waals surface area (Å²) in [6, 6.07) is 0. The van der Waals surface area contributed by atoms with E-state index in [1.54, 1.807) is 12.8 Å². The number of hydrogen-bond donors (Lipinski definition) is 0. The lowest BCUT2D eigenvalue weighted by Crippen LogP contribution is -2.22. The first-order valence-corrected chi connectivity index (χ1v) is 6.18. The third-order valence-corrected chi connectivity index (χ3v) is 6.79. The second kappa shape index (κ2) is 1.61. The Labute approximate surface area is 81.1 Å². The predicted octanol–water partition coefficient (Wildman–Crippen LogP) is 3.32. The maximum Gasteiger partial charge on any atom is -0.0173 e. The van der Waals surface area contributed by atoms with E-state index in [0.29, 0.717) is 0 Å². The smallest absolute Gasteiger partial charge is 0.0173 e. The maximum absolute atomic E-state index is 2.61. The zero-order chi connectivity index (χ0) is 9.01. The summed E-state index contributed by atoms with van der Waals surface area (Å²) in [5.41, 5.74) is 1.69. The van der Waals surface area contributed by atoms with Crippen LogP contribution in [0.2, 0.25) is 0 Å². The standard InChI is InChI=1S/C13H20/c1-4-10-8-5-9(8)11-6-13(11)7(2)12(10,13)3/h7-11H,4-6H2,1-3H3. The zero-order valence-electron chi connectivity index (χ0n) is 9.01. The summed E-state index contributed by atoms with van der Waals surface area (Å²) >= 11 is 0. The summed E-state index contributed by atoms with van der Waals surface area (Å²) in [6.07, 6.45) is 4.67. The van der Waals surface area contributed by atoms with Gasteiger partial charge in [-0.2, -0.15) is 0 Å². The van der Waals surface area contributed by atoms with Gasteiger partial charge < -0.3 is 0 Å². The van der Waals surface area contributed by atoms with Crippen LogP contribution in [-0.2, 0) is 0 Å². The molecule has 13 heavy (non-hydrogen) atoms. The molecule has 0 heterocycles. The van der Waals surface area contributed by atoms with Crippen LogP contribution >= 0.6 is 0 Å². The van der Waals surface area contributed by atoms with Crippen LogP contribution in [0.4, 0.5) is 0 Å². The van der Waals surface area contributed by atoms with Crippen molar-refractivity contribution in [3.8, 4) is 0 Å². The van der Waals surface area contributed by atoms with Gasteiger partial charge in [-0.1, -0.05) is 27.2 Å². The summed E-state index contributed by atoms with van der Waals surface area (Å²) in [5.74, 6) is 5.73. The maximum atomic E-state index is 2.61. The lowest BCUT2D eigenvalue weighted by atomic mass is 9.77. The van der Waals surface area contributed by atoms with E-state index in [1.165, 1.54) is 24.2 Å². The first kappa shape index (κ1) is 7.31. The minimum Gasteiger partial charge on any atom is -0.0651 e. The van der Waals surface area contributed by atoms with Crippen LogP contribution in [-0.4, -0.2) is 0 Å². The molecule has 4 aliphatic rings. The Morgan fingerprint density at radius 2 is 2.08 bits per heavy atom. The van der Waals surface area contributed by atoms with Gasteiger partial charge in [0.15, 0.2) is 0 Å². The van der Waals surface area contributed by atoms with Crippen LogP contribution in [0.25, 0.3) is 0 Å². The lowest BCUT2D eigenvalue weighted by Gasteiger charge is -2.28. The van der Waals surface area contributed by atoms with Gasteiger partial charge in [0.25, 0.3) is 0 Å². The highest BCUT2D eigenvalue weighted by atomic mass is 14.9. The highest BCUT2D eigenvalue weighted by Gasteiger charge is 2.90. The molecule has 0 heteroatoms. The summed E-state index contributed by atoms with van der Waals surface area (Å²) in [4.78, 5) is 0. The van der Waals surface area contributed by atoms with Crippen LogP contribution in [0, 0.1) is 40.4 Å².